The number of aromatic carboxylic acids is 1. The number of carboxylic acids is 1. The first-order valence-corrected chi connectivity index (χ1v) is 5.79. The van der Waals surface area contributed by atoms with Crippen LogP contribution in [0.5, 0.6) is 0 Å². The van der Waals surface area contributed by atoms with Crippen molar-refractivity contribution >= 4 is 22.7 Å². The van der Waals surface area contributed by atoms with E-state index in [0.717, 1.165) is 0 Å². The van der Waals surface area contributed by atoms with Gasteiger partial charge in [0.15, 0.2) is 0 Å². The van der Waals surface area contributed by atoms with Gasteiger partial charge in [0.1, 0.15) is 24.5 Å². The van der Waals surface area contributed by atoms with Gasteiger partial charge in [0.05, 0.1) is 17.7 Å². The summed E-state index contributed by atoms with van der Waals surface area (Å²) in [6.45, 7) is -0.196. The lowest BCUT2D eigenvalue weighted by molar-refractivity contribution is 0.0697. The van der Waals surface area contributed by atoms with Crippen molar-refractivity contribution in [3.8, 4) is 12.1 Å². The van der Waals surface area contributed by atoms with Crippen molar-refractivity contribution < 1.29 is 9.90 Å². The molecule has 1 heterocycles. The van der Waals surface area contributed by atoms with Crippen molar-refractivity contribution in [2.45, 2.75) is 0 Å². The third-order valence-electron chi connectivity index (χ3n) is 2.76. The summed E-state index contributed by atoms with van der Waals surface area (Å²) in [5.74, 6) is -1.00. The molecule has 0 aliphatic heterocycles. The zero-order chi connectivity index (χ0) is 14.5. The van der Waals surface area contributed by atoms with Gasteiger partial charge in [-0.05, 0) is 12.1 Å². The minimum absolute atomic E-state index is 0.0193. The Morgan fingerprint density at radius 1 is 1.25 bits per heavy atom. The Bertz CT molecular complexity index is 727. The Morgan fingerprint density at radius 2 is 1.90 bits per heavy atom. The fourth-order valence-corrected chi connectivity index (χ4v) is 1.88. The number of hydrogen-bond donors (Lipinski definition) is 1. The number of carbonyl (C=O) groups is 1. The van der Waals surface area contributed by atoms with Crippen LogP contribution in [0.1, 0.15) is 10.4 Å². The molecule has 1 aromatic heterocycles. The van der Waals surface area contributed by atoms with Crippen molar-refractivity contribution in [1.82, 2.24) is 4.98 Å². The summed E-state index contributed by atoms with van der Waals surface area (Å²) in [4.78, 5) is 17.0. The maximum atomic E-state index is 11.3. The van der Waals surface area contributed by atoms with E-state index < -0.39 is 5.97 Å². The standard InChI is InChI=1S/C14H10N4O2/c15-5-7-18(8-6-16)13-11(14(19)20)9-10-3-1-2-4-12(10)17-13/h1-4,9H,7-8H2,(H,19,20). The molecule has 2 rings (SSSR count). The van der Waals surface area contributed by atoms with Gasteiger partial charge in [0.25, 0.3) is 0 Å². The average molecular weight is 266 g/mol. The van der Waals surface area contributed by atoms with E-state index in [1.807, 2.05) is 12.1 Å². The SMILES string of the molecule is N#CCN(CC#N)c1nc2ccccc2cc1C(=O)O. The van der Waals surface area contributed by atoms with Crippen LogP contribution in [0.15, 0.2) is 30.3 Å². The normalized spacial score (nSPS) is 9.70. The molecular formula is C14H10N4O2. The first kappa shape index (κ1) is 13.3. The summed E-state index contributed by atoms with van der Waals surface area (Å²) in [6.07, 6.45) is 0. The highest BCUT2D eigenvalue weighted by Crippen LogP contribution is 2.23. The zero-order valence-corrected chi connectivity index (χ0v) is 10.4. The fourth-order valence-electron chi connectivity index (χ4n) is 1.88. The predicted octanol–water partition coefficient (Wildman–Crippen LogP) is 1.79. The predicted molar refractivity (Wildman–Crippen MR) is 72.1 cm³/mol. The van der Waals surface area contributed by atoms with Gasteiger partial charge in [0.2, 0.25) is 0 Å². The topological polar surface area (TPSA) is 101 Å². The quantitative estimate of drug-likeness (QED) is 0.846. The van der Waals surface area contributed by atoms with Gasteiger partial charge in [-0.15, -0.1) is 0 Å². The number of carboxylic acid groups (broad SMARTS) is 1. The highest BCUT2D eigenvalue weighted by molar-refractivity contribution is 5.98. The molecular weight excluding hydrogens is 256 g/mol. The second-order valence-corrected chi connectivity index (χ2v) is 4.03. The van der Waals surface area contributed by atoms with E-state index in [2.05, 4.69) is 4.98 Å². The van der Waals surface area contributed by atoms with Crippen molar-refractivity contribution in [2.75, 3.05) is 18.0 Å². The smallest absolute Gasteiger partial charge is 0.339 e. The number of nitriles is 2. The van der Waals surface area contributed by atoms with E-state index in [4.69, 9.17) is 10.5 Å². The van der Waals surface area contributed by atoms with Gasteiger partial charge < -0.3 is 10.0 Å². The highest BCUT2D eigenvalue weighted by atomic mass is 16.4. The molecule has 0 saturated carbocycles. The summed E-state index contributed by atoms with van der Waals surface area (Å²) in [5.41, 5.74) is 0.600. The number of hydrogen-bond acceptors (Lipinski definition) is 5. The molecule has 0 bridgehead atoms. The van der Waals surface area contributed by atoms with Crippen LogP contribution in [0.2, 0.25) is 0 Å². The van der Waals surface area contributed by atoms with Crippen molar-refractivity contribution in [1.29, 1.82) is 10.5 Å². The van der Waals surface area contributed by atoms with E-state index in [-0.39, 0.29) is 24.5 Å². The molecule has 0 fully saturated rings. The molecule has 0 aliphatic carbocycles. The second kappa shape index (κ2) is 5.68. The molecule has 6 heteroatoms. The molecule has 0 atom stereocenters. The Hall–Kier alpha value is -3.12. The molecule has 0 aliphatic rings. The van der Waals surface area contributed by atoms with Crippen LogP contribution in [0.25, 0.3) is 10.9 Å². The maximum absolute atomic E-state index is 11.3. The number of pyridine rings is 1. The summed E-state index contributed by atoms with van der Waals surface area (Å²) >= 11 is 0. The molecule has 6 nitrogen and oxygen atoms in total. The molecule has 0 amide bonds. The largest absolute Gasteiger partial charge is 0.478 e. The Kier molecular flexibility index (Phi) is 3.78. The van der Waals surface area contributed by atoms with Crippen LogP contribution in [-0.4, -0.2) is 29.1 Å². The van der Waals surface area contributed by atoms with Gasteiger partial charge in [-0.2, -0.15) is 10.5 Å². The summed E-state index contributed by atoms with van der Waals surface area (Å²) in [6, 6.07) is 12.4. The van der Waals surface area contributed by atoms with E-state index >= 15 is 0 Å². The third-order valence-corrected chi connectivity index (χ3v) is 2.76. The summed E-state index contributed by atoms with van der Waals surface area (Å²) in [7, 11) is 0. The minimum Gasteiger partial charge on any atom is -0.478 e. The van der Waals surface area contributed by atoms with Gasteiger partial charge in [-0.3, -0.25) is 0 Å². The molecule has 1 aromatic carbocycles. The number of anilines is 1. The first-order chi connectivity index (χ1) is 9.67. The van der Waals surface area contributed by atoms with E-state index in [1.54, 1.807) is 24.3 Å². The van der Waals surface area contributed by atoms with Crippen LogP contribution in [0.3, 0.4) is 0 Å². The second-order valence-electron chi connectivity index (χ2n) is 4.03. The monoisotopic (exact) mass is 266 g/mol. The maximum Gasteiger partial charge on any atom is 0.339 e. The van der Waals surface area contributed by atoms with Crippen molar-refractivity contribution in [3.05, 3.63) is 35.9 Å². The lowest BCUT2D eigenvalue weighted by Gasteiger charge is -2.19. The fraction of sp³-hybridized carbons (Fsp3) is 0.143. The van der Waals surface area contributed by atoms with Gasteiger partial charge in [-0.25, -0.2) is 9.78 Å². The zero-order valence-electron chi connectivity index (χ0n) is 10.4. The minimum atomic E-state index is -1.14. The molecule has 0 unspecified atom stereocenters. The number of nitrogens with zero attached hydrogens (tertiary/aromatic N) is 4. The van der Waals surface area contributed by atoms with Crippen molar-refractivity contribution in [2.24, 2.45) is 0 Å². The van der Waals surface area contributed by atoms with Crippen LogP contribution < -0.4 is 4.90 Å². The number of benzene rings is 1. The molecule has 0 saturated heterocycles. The molecule has 2 aromatic rings. The van der Waals surface area contributed by atoms with E-state index in [1.165, 1.54) is 11.0 Å². The van der Waals surface area contributed by atoms with E-state index in [0.29, 0.717) is 10.9 Å². The van der Waals surface area contributed by atoms with Crippen LogP contribution >= 0.6 is 0 Å². The molecule has 20 heavy (non-hydrogen) atoms. The molecule has 0 radical (unpaired) electrons. The lowest BCUT2D eigenvalue weighted by atomic mass is 10.1. The molecule has 1 N–H and O–H groups in total. The first-order valence-electron chi connectivity index (χ1n) is 5.79. The lowest BCUT2D eigenvalue weighted by Crippen LogP contribution is -2.27. The Morgan fingerprint density at radius 3 is 2.50 bits per heavy atom. The average Bonchev–Trinajstić information content (AvgIpc) is 2.45. The van der Waals surface area contributed by atoms with Gasteiger partial charge in [-0.1, -0.05) is 18.2 Å². The van der Waals surface area contributed by atoms with E-state index in [9.17, 15) is 9.90 Å². The van der Waals surface area contributed by atoms with Crippen LogP contribution in [0.4, 0.5) is 5.82 Å². The summed E-state index contributed by atoms with van der Waals surface area (Å²) < 4.78 is 0. The van der Waals surface area contributed by atoms with Crippen LogP contribution in [-0.2, 0) is 0 Å². The summed E-state index contributed by atoms with van der Waals surface area (Å²) in [5, 5.41) is 27.6. The number of fused-ring (bicyclic) bond motifs is 1. The number of para-hydroxylation sites is 1. The highest BCUT2D eigenvalue weighted by Gasteiger charge is 2.18. The number of aromatic nitrogens is 1. The van der Waals surface area contributed by atoms with Gasteiger partial charge in [0, 0.05) is 5.39 Å². The Balaban J connectivity index is 2.65. The van der Waals surface area contributed by atoms with Crippen molar-refractivity contribution in [3.63, 3.8) is 0 Å². The van der Waals surface area contributed by atoms with Crippen LogP contribution in [0, 0.1) is 22.7 Å². The molecule has 98 valence electrons. The van der Waals surface area contributed by atoms with Gasteiger partial charge >= 0.3 is 5.97 Å². The Labute approximate surface area is 115 Å². The molecule has 0 spiro atoms. The third kappa shape index (κ3) is 2.50. The number of rotatable bonds is 4.